The molecule has 0 amide bonds. The van der Waals surface area contributed by atoms with Crippen LogP contribution in [0.25, 0.3) is 11.0 Å². The Labute approximate surface area is 113 Å². The minimum Gasteiger partial charge on any atom is -0.361 e. The highest BCUT2D eigenvalue weighted by Gasteiger charge is 2.12. The van der Waals surface area contributed by atoms with Gasteiger partial charge in [-0.3, -0.25) is 0 Å². The second-order valence-electron chi connectivity index (χ2n) is 4.48. The molecule has 0 aliphatic heterocycles. The molecular weight excluding hydrogens is 265 g/mol. The molecule has 0 spiro atoms. The number of halogens is 1. The smallest absolute Gasteiger partial charge is 0.178 e. The van der Waals surface area contributed by atoms with Gasteiger partial charge in [-0.1, -0.05) is 5.16 Å². The van der Waals surface area contributed by atoms with E-state index in [-0.39, 0.29) is 5.82 Å². The number of rotatable bonds is 2. The van der Waals surface area contributed by atoms with Crippen LogP contribution in [0.4, 0.5) is 4.39 Å². The summed E-state index contributed by atoms with van der Waals surface area (Å²) in [4.78, 5) is 3.07. The van der Waals surface area contributed by atoms with Crippen LogP contribution < -0.4 is 0 Å². The van der Waals surface area contributed by atoms with E-state index in [0.29, 0.717) is 11.3 Å². The van der Waals surface area contributed by atoms with Crippen LogP contribution in [0.2, 0.25) is 0 Å². The third-order valence-corrected chi connectivity index (χ3v) is 3.56. The zero-order valence-corrected chi connectivity index (χ0v) is 11.3. The Kier molecular flexibility index (Phi) is 2.74. The van der Waals surface area contributed by atoms with Gasteiger partial charge in [-0.25, -0.2) is 4.39 Å². The molecule has 0 atom stereocenters. The molecule has 0 aliphatic carbocycles. The Morgan fingerprint density at radius 1 is 1.42 bits per heavy atom. The summed E-state index contributed by atoms with van der Waals surface area (Å²) >= 11 is 5.29. The predicted molar refractivity (Wildman–Crippen MR) is 72.2 cm³/mol. The molecule has 98 valence electrons. The first kappa shape index (κ1) is 12.1. The van der Waals surface area contributed by atoms with Gasteiger partial charge in [0.2, 0.25) is 0 Å². The molecule has 2 heterocycles. The van der Waals surface area contributed by atoms with Crippen LogP contribution in [0.3, 0.4) is 0 Å². The van der Waals surface area contributed by atoms with Crippen LogP contribution in [0.5, 0.6) is 0 Å². The average Bonchev–Trinajstić information content (AvgIpc) is 2.84. The van der Waals surface area contributed by atoms with E-state index in [1.165, 1.54) is 12.1 Å². The second kappa shape index (κ2) is 4.31. The molecule has 4 nitrogen and oxygen atoms in total. The summed E-state index contributed by atoms with van der Waals surface area (Å²) in [5.41, 5.74) is 3.36. The summed E-state index contributed by atoms with van der Waals surface area (Å²) in [7, 11) is 0. The van der Waals surface area contributed by atoms with Crippen LogP contribution in [0.15, 0.2) is 22.7 Å². The Balaban J connectivity index is 2.18. The van der Waals surface area contributed by atoms with E-state index in [9.17, 15) is 4.39 Å². The fourth-order valence-electron chi connectivity index (χ4n) is 2.17. The average molecular weight is 277 g/mol. The van der Waals surface area contributed by atoms with E-state index in [1.807, 2.05) is 18.4 Å². The first-order valence-corrected chi connectivity index (χ1v) is 6.27. The number of benzene rings is 1. The van der Waals surface area contributed by atoms with E-state index < -0.39 is 0 Å². The van der Waals surface area contributed by atoms with E-state index in [2.05, 4.69) is 10.1 Å². The van der Waals surface area contributed by atoms with Gasteiger partial charge < -0.3 is 14.1 Å². The number of aromatic amines is 1. The topological polar surface area (TPSA) is 46.8 Å². The molecule has 0 saturated heterocycles. The van der Waals surface area contributed by atoms with Crippen LogP contribution in [0, 0.1) is 24.4 Å². The van der Waals surface area contributed by atoms with Crippen molar-refractivity contribution in [2.75, 3.05) is 0 Å². The maximum absolute atomic E-state index is 13.4. The summed E-state index contributed by atoms with van der Waals surface area (Å²) in [5, 5.41) is 3.92. The van der Waals surface area contributed by atoms with Gasteiger partial charge in [0.05, 0.1) is 23.3 Å². The number of imidazole rings is 1. The van der Waals surface area contributed by atoms with E-state index >= 15 is 0 Å². The third-order valence-electron chi connectivity index (χ3n) is 3.23. The summed E-state index contributed by atoms with van der Waals surface area (Å²) in [6.07, 6.45) is 0. The molecule has 1 N–H and O–H groups in total. The van der Waals surface area contributed by atoms with Crippen molar-refractivity contribution in [2.24, 2.45) is 0 Å². The molecule has 0 unspecified atom stereocenters. The lowest BCUT2D eigenvalue weighted by Gasteiger charge is -2.04. The number of hydrogen-bond donors (Lipinski definition) is 1. The van der Waals surface area contributed by atoms with E-state index in [4.69, 9.17) is 16.7 Å². The standard InChI is InChI=1S/C13H12FN3OS/c1-7-10(8(2)18-16-7)6-17-12-5-9(14)3-4-11(12)15-13(17)19/h3-5H,6H2,1-2H3,(H,15,19). The molecule has 6 heteroatoms. The lowest BCUT2D eigenvalue weighted by Crippen LogP contribution is -2.01. The first-order chi connectivity index (χ1) is 9.06. The van der Waals surface area contributed by atoms with Crippen LogP contribution in [-0.4, -0.2) is 14.7 Å². The molecular formula is C13H12FN3OS. The van der Waals surface area contributed by atoms with Crippen molar-refractivity contribution in [1.29, 1.82) is 0 Å². The molecule has 0 fully saturated rings. The van der Waals surface area contributed by atoms with Gasteiger partial charge in [0.25, 0.3) is 0 Å². The molecule has 19 heavy (non-hydrogen) atoms. The third kappa shape index (κ3) is 1.98. The molecule has 3 rings (SSSR count). The largest absolute Gasteiger partial charge is 0.361 e. The van der Waals surface area contributed by atoms with Crippen LogP contribution >= 0.6 is 12.2 Å². The summed E-state index contributed by atoms with van der Waals surface area (Å²) < 4.78 is 20.9. The summed E-state index contributed by atoms with van der Waals surface area (Å²) in [6, 6.07) is 4.57. The Bertz CT molecular complexity index is 796. The Hall–Kier alpha value is -1.95. The zero-order valence-electron chi connectivity index (χ0n) is 10.5. The van der Waals surface area contributed by atoms with Gasteiger partial charge in [-0.15, -0.1) is 0 Å². The zero-order chi connectivity index (χ0) is 13.6. The van der Waals surface area contributed by atoms with Crippen LogP contribution in [0.1, 0.15) is 17.0 Å². The number of H-pyrrole nitrogens is 1. The van der Waals surface area contributed by atoms with Crippen LogP contribution in [-0.2, 0) is 6.54 Å². The number of hydrogen-bond acceptors (Lipinski definition) is 3. The van der Waals surface area contributed by atoms with Crippen molar-refractivity contribution in [3.8, 4) is 0 Å². The maximum atomic E-state index is 13.4. The molecule has 0 aliphatic rings. The van der Waals surface area contributed by atoms with Gasteiger partial charge in [0.15, 0.2) is 4.77 Å². The van der Waals surface area contributed by atoms with Gasteiger partial charge in [0.1, 0.15) is 11.6 Å². The van der Waals surface area contributed by atoms with Gasteiger partial charge in [-0.2, -0.15) is 0 Å². The molecule has 0 saturated carbocycles. The first-order valence-electron chi connectivity index (χ1n) is 5.86. The molecule has 0 radical (unpaired) electrons. The number of fused-ring (bicyclic) bond motifs is 1. The molecule has 2 aromatic heterocycles. The predicted octanol–water partition coefficient (Wildman–Crippen LogP) is 3.49. The normalized spacial score (nSPS) is 11.3. The number of nitrogens with zero attached hydrogens (tertiary/aromatic N) is 2. The molecule has 0 bridgehead atoms. The Morgan fingerprint density at radius 3 is 2.89 bits per heavy atom. The number of nitrogens with one attached hydrogen (secondary N) is 1. The summed E-state index contributed by atoms with van der Waals surface area (Å²) in [5.74, 6) is 0.471. The van der Waals surface area contributed by atoms with E-state index in [0.717, 1.165) is 28.1 Å². The highest BCUT2D eigenvalue weighted by atomic mass is 32.1. The SMILES string of the molecule is Cc1noc(C)c1Cn1c(=S)[nH]c2ccc(F)cc21. The van der Waals surface area contributed by atoms with Gasteiger partial charge in [-0.05, 0) is 44.3 Å². The lowest BCUT2D eigenvalue weighted by atomic mass is 10.2. The van der Waals surface area contributed by atoms with Gasteiger partial charge >= 0.3 is 0 Å². The van der Waals surface area contributed by atoms with E-state index in [1.54, 1.807) is 6.07 Å². The molecule has 1 aromatic carbocycles. The number of aryl methyl sites for hydroxylation is 2. The molecule has 3 aromatic rings. The van der Waals surface area contributed by atoms with Crippen molar-refractivity contribution in [3.05, 3.63) is 45.8 Å². The fraction of sp³-hybridized carbons (Fsp3) is 0.231. The minimum absolute atomic E-state index is 0.283. The number of aromatic nitrogens is 3. The monoisotopic (exact) mass is 277 g/mol. The summed E-state index contributed by atoms with van der Waals surface area (Å²) in [6.45, 7) is 4.25. The van der Waals surface area contributed by atoms with Crippen molar-refractivity contribution >= 4 is 23.3 Å². The highest BCUT2D eigenvalue weighted by molar-refractivity contribution is 7.71. The van der Waals surface area contributed by atoms with Crippen molar-refractivity contribution in [3.63, 3.8) is 0 Å². The second-order valence-corrected chi connectivity index (χ2v) is 4.87. The quantitative estimate of drug-likeness (QED) is 0.729. The minimum atomic E-state index is -0.283. The van der Waals surface area contributed by atoms with Crippen molar-refractivity contribution in [1.82, 2.24) is 14.7 Å². The van der Waals surface area contributed by atoms with Crippen molar-refractivity contribution < 1.29 is 8.91 Å². The fourth-order valence-corrected chi connectivity index (χ4v) is 2.44. The Morgan fingerprint density at radius 2 is 2.21 bits per heavy atom. The van der Waals surface area contributed by atoms with Gasteiger partial charge in [0, 0.05) is 5.56 Å². The van der Waals surface area contributed by atoms with Crippen molar-refractivity contribution in [2.45, 2.75) is 20.4 Å². The highest BCUT2D eigenvalue weighted by Crippen LogP contribution is 2.20. The lowest BCUT2D eigenvalue weighted by molar-refractivity contribution is 0.392. The maximum Gasteiger partial charge on any atom is 0.178 e.